The molecule has 34 heavy (non-hydrogen) atoms. The van der Waals surface area contributed by atoms with Crippen molar-refractivity contribution in [2.75, 3.05) is 26.9 Å². The standard InChI is InChI=1S/C27H35NO6/c1-27(2,3)25-13-17-12-24(34-11-7-9-32-4)19(23-8-5-6-10-33-23)14-18(17)21-15-22(29)20(26(30)31)16-28(21)25/h12,14-16,23,25H,5-11,13H2,1-4H3,(H,30,31). The molecule has 2 aromatic rings. The van der Waals surface area contributed by atoms with E-state index in [1.807, 2.05) is 4.57 Å². The van der Waals surface area contributed by atoms with E-state index in [0.29, 0.717) is 19.6 Å². The van der Waals surface area contributed by atoms with Crippen LogP contribution in [0, 0.1) is 5.41 Å². The number of benzene rings is 1. The fraction of sp³-hybridized carbons (Fsp3) is 0.556. The van der Waals surface area contributed by atoms with Gasteiger partial charge >= 0.3 is 5.97 Å². The van der Waals surface area contributed by atoms with Crippen LogP contribution in [0.4, 0.5) is 0 Å². The molecular weight excluding hydrogens is 434 g/mol. The largest absolute Gasteiger partial charge is 0.493 e. The number of fused-ring (bicyclic) bond motifs is 3. The number of hydrogen-bond donors (Lipinski definition) is 1. The normalized spacial score (nSPS) is 19.9. The fourth-order valence-corrected chi connectivity index (χ4v) is 5.01. The van der Waals surface area contributed by atoms with E-state index in [-0.39, 0.29) is 23.1 Å². The van der Waals surface area contributed by atoms with Gasteiger partial charge in [-0.2, -0.15) is 0 Å². The Balaban J connectivity index is 1.86. The van der Waals surface area contributed by atoms with Crippen molar-refractivity contribution in [2.45, 2.75) is 65.0 Å². The molecule has 0 spiro atoms. The summed E-state index contributed by atoms with van der Waals surface area (Å²) < 4.78 is 19.5. The van der Waals surface area contributed by atoms with E-state index in [1.54, 1.807) is 7.11 Å². The van der Waals surface area contributed by atoms with Gasteiger partial charge in [-0.3, -0.25) is 4.79 Å². The van der Waals surface area contributed by atoms with E-state index < -0.39 is 11.4 Å². The Labute approximate surface area is 200 Å². The van der Waals surface area contributed by atoms with Gasteiger partial charge in [-0.05, 0) is 48.8 Å². The molecule has 7 nitrogen and oxygen atoms in total. The molecule has 1 saturated heterocycles. The number of aromatic carboxylic acids is 1. The van der Waals surface area contributed by atoms with E-state index in [0.717, 1.165) is 60.4 Å². The average molecular weight is 470 g/mol. The minimum atomic E-state index is -1.20. The van der Waals surface area contributed by atoms with Gasteiger partial charge in [0.25, 0.3) is 0 Å². The molecule has 2 unspecified atom stereocenters. The first-order chi connectivity index (χ1) is 16.2. The van der Waals surface area contributed by atoms with Crippen LogP contribution in [0.1, 0.15) is 80.1 Å². The zero-order valence-electron chi connectivity index (χ0n) is 20.6. The second kappa shape index (κ2) is 9.92. The molecule has 0 saturated carbocycles. The minimum Gasteiger partial charge on any atom is -0.493 e. The second-order valence-electron chi connectivity index (χ2n) is 10.3. The summed E-state index contributed by atoms with van der Waals surface area (Å²) in [5.74, 6) is -0.373. The molecular formula is C27H35NO6. The Morgan fingerprint density at radius 1 is 1.21 bits per heavy atom. The lowest BCUT2D eigenvalue weighted by Gasteiger charge is -2.39. The summed E-state index contributed by atoms with van der Waals surface area (Å²) in [6.45, 7) is 8.31. The lowest BCUT2D eigenvalue weighted by atomic mass is 9.78. The zero-order chi connectivity index (χ0) is 24.5. The predicted octanol–water partition coefficient (Wildman–Crippen LogP) is 5.01. The monoisotopic (exact) mass is 469 g/mol. The first kappa shape index (κ1) is 24.5. The molecule has 7 heteroatoms. The third kappa shape index (κ3) is 4.91. The van der Waals surface area contributed by atoms with Crippen LogP contribution in [-0.4, -0.2) is 42.6 Å². The third-order valence-electron chi connectivity index (χ3n) is 6.85. The van der Waals surface area contributed by atoms with E-state index in [9.17, 15) is 14.7 Å². The van der Waals surface area contributed by atoms with Crippen molar-refractivity contribution in [2.24, 2.45) is 5.41 Å². The Kier molecular flexibility index (Phi) is 7.14. The lowest BCUT2D eigenvalue weighted by molar-refractivity contribution is 0.0131. The van der Waals surface area contributed by atoms with Gasteiger partial charge in [0.1, 0.15) is 11.3 Å². The number of aromatic nitrogens is 1. The highest BCUT2D eigenvalue weighted by atomic mass is 16.5. The van der Waals surface area contributed by atoms with Gasteiger partial charge in [-0.15, -0.1) is 0 Å². The van der Waals surface area contributed by atoms with Crippen molar-refractivity contribution in [1.29, 1.82) is 0 Å². The molecule has 0 radical (unpaired) electrons. The van der Waals surface area contributed by atoms with E-state index in [2.05, 4.69) is 32.9 Å². The highest BCUT2D eigenvalue weighted by Crippen LogP contribution is 2.46. The maximum absolute atomic E-state index is 12.7. The van der Waals surface area contributed by atoms with Gasteiger partial charge in [-0.1, -0.05) is 20.8 Å². The van der Waals surface area contributed by atoms with E-state index in [1.165, 1.54) is 12.3 Å². The second-order valence-corrected chi connectivity index (χ2v) is 10.3. The summed E-state index contributed by atoms with van der Waals surface area (Å²) >= 11 is 0. The fourth-order valence-electron chi connectivity index (χ4n) is 5.01. The maximum atomic E-state index is 12.7. The molecule has 1 aromatic carbocycles. The van der Waals surface area contributed by atoms with Crippen LogP contribution < -0.4 is 10.2 Å². The lowest BCUT2D eigenvalue weighted by Crippen LogP contribution is -2.33. The highest BCUT2D eigenvalue weighted by molar-refractivity contribution is 5.87. The minimum absolute atomic E-state index is 0.00757. The number of carboxylic acids is 1. The number of hydrogen-bond acceptors (Lipinski definition) is 5. The summed E-state index contributed by atoms with van der Waals surface area (Å²) in [5.41, 5.74) is 2.96. The number of rotatable bonds is 7. The molecule has 2 aliphatic heterocycles. The van der Waals surface area contributed by atoms with Crippen molar-refractivity contribution in [3.63, 3.8) is 0 Å². The molecule has 0 bridgehead atoms. The number of pyridine rings is 1. The first-order valence-corrected chi connectivity index (χ1v) is 12.1. The number of carboxylic acid groups (broad SMARTS) is 1. The Bertz CT molecular complexity index is 1110. The van der Waals surface area contributed by atoms with Gasteiger partial charge in [-0.25, -0.2) is 4.79 Å². The summed E-state index contributed by atoms with van der Waals surface area (Å²) in [6, 6.07) is 5.67. The van der Waals surface area contributed by atoms with Gasteiger partial charge < -0.3 is 23.9 Å². The molecule has 0 amide bonds. The van der Waals surface area contributed by atoms with Crippen molar-refractivity contribution in [3.05, 3.63) is 51.3 Å². The Morgan fingerprint density at radius 2 is 2.00 bits per heavy atom. The van der Waals surface area contributed by atoms with Crippen LogP contribution in [0.2, 0.25) is 0 Å². The van der Waals surface area contributed by atoms with E-state index in [4.69, 9.17) is 14.2 Å². The Morgan fingerprint density at radius 3 is 2.65 bits per heavy atom. The number of nitrogens with zero attached hydrogens (tertiary/aromatic N) is 1. The SMILES string of the molecule is COCCCOc1cc2c(cc1C1CCCCO1)-c1cc(=O)c(C(=O)O)cn1C(C(C)(C)C)C2. The van der Waals surface area contributed by atoms with Crippen LogP contribution in [-0.2, 0) is 15.9 Å². The summed E-state index contributed by atoms with van der Waals surface area (Å²) in [4.78, 5) is 24.4. The molecule has 3 heterocycles. The average Bonchev–Trinajstić information content (AvgIpc) is 2.80. The van der Waals surface area contributed by atoms with Gasteiger partial charge in [0.15, 0.2) is 5.43 Å². The van der Waals surface area contributed by atoms with Crippen molar-refractivity contribution in [1.82, 2.24) is 4.57 Å². The van der Waals surface area contributed by atoms with Crippen LogP contribution >= 0.6 is 0 Å². The molecule has 1 aromatic heterocycles. The topological polar surface area (TPSA) is 87.0 Å². The molecule has 1 N–H and O–H groups in total. The van der Waals surface area contributed by atoms with Crippen molar-refractivity contribution >= 4 is 5.97 Å². The van der Waals surface area contributed by atoms with Gasteiger partial charge in [0.05, 0.1) is 18.4 Å². The zero-order valence-corrected chi connectivity index (χ0v) is 20.6. The number of carbonyl (C=O) groups is 1. The van der Waals surface area contributed by atoms with Crippen LogP contribution in [0.5, 0.6) is 5.75 Å². The molecule has 4 rings (SSSR count). The third-order valence-corrected chi connectivity index (χ3v) is 6.85. The molecule has 1 fully saturated rings. The van der Waals surface area contributed by atoms with Crippen molar-refractivity contribution < 1.29 is 24.1 Å². The number of methoxy groups -OCH3 is 1. The van der Waals surface area contributed by atoms with Gasteiger partial charge in [0.2, 0.25) is 0 Å². The molecule has 2 aliphatic rings. The van der Waals surface area contributed by atoms with Crippen LogP contribution in [0.3, 0.4) is 0 Å². The van der Waals surface area contributed by atoms with Gasteiger partial charge in [0, 0.05) is 56.2 Å². The predicted molar refractivity (Wildman–Crippen MR) is 130 cm³/mol. The smallest absolute Gasteiger partial charge is 0.341 e. The molecule has 184 valence electrons. The molecule has 0 aliphatic carbocycles. The summed E-state index contributed by atoms with van der Waals surface area (Å²) in [5, 5.41) is 9.57. The summed E-state index contributed by atoms with van der Waals surface area (Å²) in [7, 11) is 1.68. The summed E-state index contributed by atoms with van der Waals surface area (Å²) in [6.07, 6.45) is 6.03. The quantitative estimate of drug-likeness (QED) is 0.574. The van der Waals surface area contributed by atoms with Crippen LogP contribution in [0.25, 0.3) is 11.3 Å². The Hall–Kier alpha value is -2.64. The van der Waals surface area contributed by atoms with Crippen LogP contribution in [0.15, 0.2) is 29.2 Å². The number of ether oxygens (including phenoxy) is 3. The maximum Gasteiger partial charge on any atom is 0.341 e. The molecule has 2 atom stereocenters. The highest BCUT2D eigenvalue weighted by Gasteiger charge is 2.35. The first-order valence-electron chi connectivity index (χ1n) is 12.1. The van der Waals surface area contributed by atoms with Crippen molar-refractivity contribution in [3.8, 4) is 17.0 Å². The van der Waals surface area contributed by atoms with E-state index >= 15 is 0 Å².